The van der Waals surface area contributed by atoms with E-state index in [1.807, 2.05) is 0 Å². The minimum Gasteiger partial charge on any atom is -0.480 e. The summed E-state index contributed by atoms with van der Waals surface area (Å²) in [5.41, 5.74) is 0. The number of carbonyl (C=O) groups excluding carboxylic acids is 1. The van der Waals surface area contributed by atoms with E-state index in [1.165, 1.54) is 0 Å². The van der Waals surface area contributed by atoms with E-state index in [1.54, 1.807) is 4.90 Å². The van der Waals surface area contributed by atoms with Crippen LogP contribution in [0, 0.1) is 0 Å². The van der Waals surface area contributed by atoms with Gasteiger partial charge in [-0.2, -0.15) is 4.31 Å². The van der Waals surface area contributed by atoms with Gasteiger partial charge in [0.15, 0.2) is 0 Å². The number of aliphatic carboxylic acids is 1. The molecule has 9 nitrogen and oxygen atoms in total. The SMILES string of the molecule is CC1CCC(C)N1CC(=O)N1CCOC(CN(CC(=O)O)S(C)(=O)=O)C1. The largest absolute Gasteiger partial charge is 0.480 e. The number of amides is 1. The number of rotatable bonds is 7. The van der Waals surface area contributed by atoms with Crippen molar-refractivity contribution in [1.82, 2.24) is 14.1 Å². The van der Waals surface area contributed by atoms with Crippen LogP contribution in [0.3, 0.4) is 0 Å². The van der Waals surface area contributed by atoms with Crippen LogP contribution in [0.15, 0.2) is 0 Å². The van der Waals surface area contributed by atoms with E-state index in [0.717, 1.165) is 23.4 Å². The summed E-state index contributed by atoms with van der Waals surface area (Å²) < 4.78 is 30.0. The van der Waals surface area contributed by atoms with E-state index in [0.29, 0.717) is 31.8 Å². The molecule has 2 fully saturated rings. The summed E-state index contributed by atoms with van der Waals surface area (Å²) in [5, 5.41) is 8.91. The minimum atomic E-state index is -3.67. The molecule has 0 aromatic carbocycles. The third kappa shape index (κ3) is 5.63. The van der Waals surface area contributed by atoms with Gasteiger partial charge in [-0.15, -0.1) is 0 Å². The quantitative estimate of drug-likeness (QED) is 0.619. The lowest BCUT2D eigenvalue weighted by Gasteiger charge is -2.36. The summed E-state index contributed by atoms with van der Waals surface area (Å²) in [6.07, 6.45) is 2.60. The molecule has 2 heterocycles. The van der Waals surface area contributed by atoms with Crippen LogP contribution >= 0.6 is 0 Å². The van der Waals surface area contributed by atoms with E-state index in [2.05, 4.69) is 18.7 Å². The van der Waals surface area contributed by atoms with Gasteiger partial charge in [-0.1, -0.05) is 0 Å². The summed E-state index contributed by atoms with van der Waals surface area (Å²) in [6, 6.07) is 0.754. The molecule has 0 aliphatic carbocycles. The molecule has 2 rings (SSSR count). The maximum atomic E-state index is 12.7. The van der Waals surface area contributed by atoms with Crippen LogP contribution in [0.25, 0.3) is 0 Å². The normalized spacial score (nSPS) is 27.8. The molecule has 1 N–H and O–H groups in total. The van der Waals surface area contributed by atoms with Gasteiger partial charge in [-0.05, 0) is 26.7 Å². The van der Waals surface area contributed by atoms with E-state index in [4.69, 9.17) is 9.84 Å². The molecule has 0 aromatic rings. The molecule has 3 atom stereocenters. The summed E-state index contributed by atoms with van der Waals surface area (Å²) in [5.74, 6) is -1.22. The number of nitrogens with zero attached hydrogens (tertiary/aromatic N) is 3. The van der Waals surface area contributed by atoms with Gasteiger partial charge in [0.25, 0.3) is 0 Å². The van der Waals surface area contributed by atoms with Crippen molar-refractivity contribution in [3.8, 4) is 0 Å². The number of likely N-dealkylation sites (tertiary alicyclic amines) is 1. The van der Waals surface area contributed by atoms with Crippen LogP contribution in [0.5, 0.6) is 0 Å². The van der Waals surface area contributed by atoms with Crippen LogP contribution < -0.4 is 0 Å². The maximum Gasteiger partial charge on any atom is 0.318 e. The molecular formula is C16H29N3O6S. The Labute approximate surface area is 154 Å². The fourth-order valence-corrected chi connectivity index (χ4v) is 4.35. The molecule has 0 radical (unpaired) electrons. The van der Waals surface area contributed by atoms with Gasteiger partial charge < -0.3 is 14.7 Å². The summed E-state index contributed by atoms with van der Waals surface area (Å²) in [4.78, 5) is 27.4. The van der Waals surface area contributed by atoms with E-state index < -0.39 is 28.6 Å². The van der Waals surface area contributed by atoms with Crippen molar-refractivity contribution in [2.24, 2.45) is 0 Å². The molecule has 0 bridgehead atoms. The highest BCUT2D eigenvalue weighted by molar-refractivity contribution is 7.88. The van der Waals surface area contributed by atoms with Crippen molar-refractivity contribution < 1.29 is 27.9 Å². The number of carboxylic acids is 1. The van der Waals surface area contributed by atoms with Crippen LogP contribution in [-0.2, 0) is 24.3 Å². The van der Waals surface area contributed by atoms with Gasteiger partial charge in [-0.3, -0.25) is 14.5 Å². The fourth-order valence-electron chi connectivity index (χ4n) is 3.57. The monoisotopic (exact) mass is 391 g/mol. The third-order valence-electron chi connectivity index (χ3n) is 5.13. The Hall–Kier alpha value is -1.23. The van der Waals surface area contributed by atoms with E-state index in [9.17, 15) is 18.0 Å². The lowest BCUT2D eigenvalue weighted by Crippen LogP contribution is -2.53. The molecule has 150 valence electrons. The third-order valence-corrected chi connectivity index (χ3v) is 6.35. The van der Waals surface area contributed by atoms with Gasteiger partial charge in [-0.25, -0.2) is 8.42 Å². The number of sulfonamides is 1. The van der Waals surface area contributed by atoms with Crippen molar-refractivity contribution in [2.45, 2.75) is 44.9 Å². The molecular weight excluding hydrogens is 362 g/mol. The Kier molecular flexibility index (Phi) is 7.00. The van der Waals surface area contributed by atoms with Crippen molar-refractivity contribution in [2.75, 3.05) is 45.6 Å². The van der Waals surface area contributed by atoms with Crippen LogP contribution in [0.4, 0.5) is 0 Å². The Morgan fingerprint density at radius 3 is 2.38 bits per heavy atom. The first kappa shape index (κ1) is 21.1. The Balaban J connectivity index is 1.95. The second-order valence-corrected chi connectivity index (χ2v) is 9.21. The first-order chi connectivity index (χ1) is 12.1. The zero-order valence-corrected chi connectivity index (χ0v) is 16.4. The molecule has 3 unspecified atom stereocenters. The summed E-state index contributed by atoms with van der Waals surface area (Å²) in [6.45, 7) is 4.93. The molecule has 2 aliphatic rings. The number of carbonyl (C=O) groups is 2. The molecule has 2 aliphatic heterocycles. The average molecular weight is 391 g/mol. The minimum absolute atomic E-state index is 0.00281. The second-order valence-electron chi connectivity index (χ2n) is 7.23. The molecule has 1 amide bonds. The molecule has 0 spiro atoms. The lowest BCUT2D eigenvalue weighted by molar-refractivity contribution is -0.142. The van der Waals surface area contributed by atoms with Crippen molar-refractivity contribution in [1.29, 1.82) is 0 Å². The molecule has 2 saturated heterocycles. The Bertz CT molecular complexity index is 615. The Morgan fingerprint density at radius 2 is 1.85 bits per heavy atom. The molecule has 0 saturated carbocycles. The predicted molar refractivity (Wildman–Crippen MR) is 95.2 cm³/mol. The molecule has 0 aromatic heterocycles. The summed E-state index contributed by atoms with van der Waals surface area (Å²) in [7, 11) is -3.67. The maximum absolute atomic E-state index is 12.7. The van der Waals surface area contributed by atoms with E-state index >= 15 is 0 Å². The zero-order valence-electron chi connectivity index (χ0n) is 15.6. The number of morpholine rings is 1. The van der Waals surface area contributed by atoms with Gasteiger partial charge in [0.1, 0.15) is 6.54 Å². The number of ether oxygens (including phenoxy) is 1. The van der Waals surface area contributed by atoms with Crippen LogP contribution in [-0.4, -0.2) is 103 Å². The topological polar surface area (TPSA) is 107 Å². The van der Waals surface area contributed by atoms with Gasteiger partial charge in [0.2, 0.25) is 15.9 Å². The van der Waals surface area contributed by atoms with Gasteiger partial charge in [0.05, 0.1) is 25.5 Å². The van der Waals surface area contributed by atoms with Crippen molar-refractivity contribution in [3.63, 3.8) is 0 Å². The zero-order chi connectivity index (χ0) is 19.5. The number of hydrogen-bond acceptors (Lipinski definition) is 6. The standard InChI is InChI=1S/C16H29N3O6S/c1-12-4-5-13(2)19(12)10-15(20)17-6-7-25-14(8-17)9-18(11-16(21)22)26(3,23)24/h12-14H,4-11H2,1-3H3,(H,21,22). The second kappa shape index (κ2) is 8.64. The Morgan fingerprint density at radius 1 is 1.23 bits per heavy atom. The average Bonchev–Trinajstić information content (AvgIpc) is 2.85. The van der Waals surface area contributed by atoms with E-state index in [-0.39, 0.29) is 19.0 Å². The van der Waals surface area contributed by atoms with Crippen molar-refractivity contribution in [3.05, 3.63) is 0 Å². The number of carboxylic acid groups (broad SMARTS) is 1. The van der Waals surface area contributed by atoms with Crippen molar-refractivity contribution >= 4 is 21.9 Å². The first-order valence-electron chi connectivity index (χ1n) is 8.90. The molecule has 10 heteroatoms. The smallest absolute Gasteiger partial charge is 0.318 e. The van der Waals surface area contributed by atoms with Crippen LogP contribution in [0.1, 0.15) is 26.7 Å². The lowest BCUT2D eigenvalue weighted by atomic mass is 10.2. The predicted octanol–water partition coefficient (Wildman–Crippen LogP) is -0.567. The highest BCUT2D eigenvalue weighted by atomic mass is 32.2. The van der Waals surface area contributed by atoms with Gasteiger partial charge in [0, 0.05) is 31.7 Å². The van der Waals surface area contributed by atoms with Crippen LogP contribution in [0.2, 0.25) is 0 Å². The molecule has 26 heavy (non-hydrogen) atoms. The number of hydrogen-bond donors (Lipinski definition) is 1. The van der Waals surface area contributed by atoms with Gasteiger partial charge >= 0.3 is 5.97 Å². The highest BCUT2D eigenvalue weighted by Crippen LogP contribution is 2.23. The highest BCUT2D eigenvalue weighted by Gasteiger charge is 2.33. The fraction of sp³-hybridized carbons (Fsp3) is 0.875. The summed E-state index contributed by atoms with van der Waals surface area (Å²) >= 11 is 0. The first-order valence-corrected chi connectivity index (χ1v) is 10.7.